The van der Waals surface area contributed by atoms with E-state index in [4.69, 9.17) is 4.74 Å². The van der Waals surface area contributed by atoms with Gasteiger partial charge in [0.05, 0.1) is 11.1 Å². The van der Waals surface area contributed by atoms with Crippen molar-refractivity contribution in [3.63, 3.8) is 0 Å². The lowest BCUT2D eigenvalue weighted by molar-refractivity contribution is 0.0733. The fraction of sp³-hybridized carbons (Fsp3) is 0.263. The third-order valence-electron chi connectivity index (χ3n) is 3.80. The Morgan fingerprint density at radius 2 is 1.68 bits per heavy atom. The van der Waals surface area contributed by atoms with E-state index >= 15 is 0 Å². The van der Waals surface area contributed by atoms with Gasteiger partial charge in [0.15, 0.2) is 5.78 Å². The molecule has 2 aromatic carbocycles. The highest BCUT2D eigenvalue weighted by molar-refractivity contribution is 5.98. The van der Waals surface area contributed by atoms with Crippen molar-refractivity contribution in [2.45, 2.75) is 33.1 Å². The normalized spacial score (nSPS) is 11.8. The topological polar surface area (TPSA) is 43.4 Å². The molecule has 0 amide bonds. The van der Waals surface area contributed by atoms with Crippen LogP contribution >= 0.6 is 0 Å². The largest absolute Gasteiger partial charge is 0.422 e. The van der Waals surface area contributed by atoms with E-state index in [2.05, 4.69) is 13.8 Å². The number of Topliss-reactive ketones (excluding diaryl/α,β-unsaturated/α-hetero) is 1. The molecule has 2 aromatic rings. The monoisotopic (exact) mass is 296 g/mol. The molecule has 0 aromatic heterocycles. The van der Waals surface area contributed by atoms with E-state index in [1.54, 1.807) is 36.4 Å². The molecule has 2 rings (SSSR count). The maximum atomic E-state index is 12.2. The molecule has 0 radical (unpaired) electrons. The lowest BCUT2D eigenvalue weighted by Gasteiger charge is -2.10. The summed E-state index contributed by atoms with van der Waals surface area (Å²) in [6, 6.07) is 14.2. The molecule has 0 fully saturated rings. The van der Waals surface area contributed by atoms with Crippen molar-refractivity contribution in [2.75, 3.05) is 0 Å². The van der Waals surface area contributed by atoms with E-state index in [1.165, 1.54) is 12.5 Å². The second kappa shape index (κ2) is 7.03. The molecule has 0 aliphatic carbocycles. The molecular weight excluding hydrogens is 276 g/mol. The van der Waals surface area contributed by atoms with Crippen molar-refractivity contribution in [1.82, 2.24) is 0 Å². The Kier molecular flexibility index (Phi) is 5.10. The molecule has 3 heteroatoms. The number of hydrogen-bond donors (Lipinski definition) is 0. The molecule has 0 aliphatic heterocycles. The van der Waals surface area contributed by atoms with Crippen LogP contribution in [-0.2, 0) is 0 Å². The number of carbonyl (C=O) groups excluding carboxylic acids is 2. The number of carbonyl (C=O) groups is 2. The Morgan fingerprint density at radius 3 is 2.27 bits per heavy atom. The average Bonchev–Trinajstić information content (AvgIpc) is 2.54. The molecule has 0 saturated carbocycles. The van der Waals surface area contributed by atoms with Crippen molar-refractivity contribution < 1.29 is 14.3 Å². The van der Waals surface area contributed by atoms with Crippen LogP contribution in [0.1, 0.15) is 59.4 Å². The average molecular weight is 296 g/mol. The third kappa shape index (κ3) is 3.61. The number of rotatable bonds is 5. The predicted octanol–water partition coefficient (Wildman–Crippen LogP) is 4.62. The summed E-state index contributed by atoms with van der Waals surface area (Å²) in [5.74, 6) is 0.175. The Labute approximate surface area is 130 Å². The zero-order chi connectivity index (χ0) is 16.1. The molecule has 114 valence electrons. The van der Waals surface area contributed by atoms with E-state index in [-0.39, 0.29) is 5.78 Å². The summed E-state index contributed by atoms with van der Waals surface area (Å²) in [6.07, 6.45) is 1.05. The van der Waals surface area contributed by atoms with Gasteiger partial charge in [-0.15, -0.1) is 0 Å². The van der Waals surface area contributed by atoms with Gasteiger partial charge < -0.3 is 4.74 Å². The summed E-state index contributed by atoms with van der Waals surface area (Å²) in [4.78, 5) is 23.8. The Balaban J connectivity index is 2.18. The summed E-state index contributed by atoms with van der Waals surface area (Å²) in [6.45, 7) is 5.73. The van der Waals surface area contributed by atoms with Crippen LogP contribution in [0.5, 0.6) is 5.75 Å². The molecule has 3 nitrogen and oxygen atoms in total. The van der Waals surface area contributed by atoms with Crippen molar-refractivity contribution in [1.29, 1.82) is 0 Å². The van der Waals surface area contributed by atoms with Crippen LogP contribution in [0.25, 0.3) is 0 Å². The zero-order valence-electron chi connectivity index (χ0n) is 13.1. The summed E-state index contributed by atoms with van der Waals surface area (Å²) < 4.78 is 5.36. The first-order valence-electron chi connectivity index (χ1n) is 7.45. The van der Waals surface area contributed by atoms with Gasteiger partial charge in [-0.3, -0.25) is 4.79 Å². The molecule has 1 atom stereocenters. The van der Waals surface area contributed by atoms with E-state index in [9.17, 15) is 9.59 Å². The number of ether oxygens (including phenoxy) is 1. The number of para-hydroxylation sites is 1. The lowest BCUT2D eigenvalue weighted by atomic mass is 9.98. The quantitative estimate of drug-likeness (QED) is 0.459. The maximum Gasteiger partial charge on any atom is 0.343 e. The molecule has 0 spiro atoms. The lowest BCUT2D eigenvalue weighted by Crippen LogP contribution is -2.11. The summed E-state index contributed by atoms with van der Waals surface area (Å²) >= 11 is 0. The van der Waals surface area contributed by atoms with E-state index in [1.807, 2.05) is 12.1 Å². The first-order valence-corrected chi connectivity index (χ1v) is 7.45. The smallest absolute Gasteiger partial charge is 0.343 e. The highest BCUT2D eigenvalue weighted by Crippen LogP contribution is 2.22. The number of benzene rings is 2. The zero-order valence-corrected chi connectivity index (χ0v) is 13.1. The van der Waals surface area contributed by atoms with Crippen LogP contribution in [0.15, 0.2) is 48.5 Å². The molecule has 1 unspecified atom stereocenters. The van der Waals surface area contributed by atoms with Gasteiger partial charge in [0.2, 0.25) is 0 Å². The minimum atomic E-state index is -0.454. The van der Waals surface area contributed by atoms with Crippen molar-refractivity contribution in [3.8, 4) is 5.75 Å². The minimum Gasteiger partial charge on any atom is -0.422 e. The van der Waals surface area contributed by atoms with Gasteiger partial charge in [0, 0.05) is 0 Å². The van der Waals surface area contributed by atoms with Crippen LogP contribution in [0.4, 0.5) is 0 Å². The molecule has 0 bridgehead atoms. The van der Waals surface area contributed by atoms with Crippen molar-refractivity contribution >= 4 is 11.8 Å². The van der Waals surface area contributed by atoms with E-state index in [0.717, 1.165) is 6.42 Å². The van der Waals surface area contributed by atoms with Crippen LogP contribution in [0.3, 0.4) is 0 Å². The van der Waals surface area contributed by atoms with Crippen LogP contribution in [-0.4, -0.2) is 11.8 Å². The molecule has 0 heterocycles. The van der Waals surface area contributed by atoms with Crippen LogP contribution in [0, 0.1) is 0 Å². The minimum absolute atomic E-state index is 0.129. The van der Waals surface area contributed by atoms with Gasteiger partial charge in [0.1, 0.15) is 5.75 Å². The second-order valence-corrected chi connectivity index (χ2v) is 5.37. The van der Waals surface area contributed by atoms with Gasteiger partial charge >= 0.3 is 5.97 Å². The van der Waals surface area contributed by atoms with Gasteiger partial charge in [-0.1, -0.05) is 38.1 Å². The number of esters is 1. The molecule has 22 heavy (non-hydrogen) atoms. The standard InChI is InChI=1S/C19H20O3/c1-4-13(2)15-9-11-16(12-10-15)19(21)22-18-8-6-5-7-17(18)14(3)20/h5-13H,4H2,1-3H3. The van der Waals surface area contributed by atoms with Gasteiger partial charge in [-0.25, -0.2) is 4.79 Å². The summed E-state index contributed by atoms with van der Waals surface area (Å²) in [5.41, 5.74) is 2.08. The van der Waals surface area contributed by atoms with Gasteiger partial charge in [-0.05, 0) is 49.1 Å². The number of ketones is 1. The Morgan fingerprint density at radius 1 is 1.05 bits per heavy atom. The van der Waals surface area contributed by atoms with Crippen LogP contribution < -0.4 is 4.74 Å². The molecule has 0 saturated heterocycles. The van der Waals surface area contributed by atoms with Crippen LogP contribution in [0.2, 0.25) is 0 Å². The first-order chi connectivity index (χ1) is 10.5. The van der Waals surface area contributed by atoms with E-state index < -0.39 is 5.97 Å². The highest BCUT2D eigenvalue weighted by Gasteiger charge is 2.14. The molecular formula is C19H20O3. The number of hydrogen-bond acceptors (Lipinski definition) is 3. The highest BCUT2D eigenvalue weighted by atomic mass is 16.5. The fourth-order valence-electron chi connectivity index (χ4n) is 2.19. The molecule has 0 aliphatic rings. The summed E-state index contributed by atoms with van der Waals surface area (Å²) in [7, 11) is 0. The van der Waals surface area contributed by atoms with Crippen molar-refractivity contribution in [3.05, 3.63) is 65.2 Å². The maximum absolute atomic E-state index is 12.2. The third-order valence-corrected chi connectivity index (χ3v) is 3.80. The Bertz CT molecular complexity index is 671. The fourth-order valence-corrected chi connectivity index (χ4v) is 2.19. The second-order valence-electron chi connectivity index (χ2n) is 5.37. The predicted molar refractivity (Wildman–Crippen MR) is 86.6 cm³/mol. The molecule has 0 N–H and O–H groups in total. The van der Waals surface area contributed by atoms with Gasteiger partial charge in [0.25, 0.3) is 0 Å². The Hall–Kier alpha value is -2.42. The first kappa shape index (κ1) is 16.0. The summed E-state index contributed by atoms with van der Waals surface area (Å²) in [5, 5.41) is 0. The van der Waals surface area contributed by atoms with E-state index in [0.29, 0.717) is 22.8 Å². The van der Waals surface area contributed by atoms with Gasteiger partial charge in [-0.2, -0.15) is 0 Å². The van der Waals surface area contributed by atoms with Crippen molar-refractivity contribution in [2.24, 2.45) is 0 Å². The SMILES string of the molecule is CCC(C)c1ccc(C(=O)Oc2ccccc2C(C)=O)cc1.